The molecule has 2 aromatic carbocycles. The molecule has 1 saturated heterocycles. The van der Waals surface area contributed by atoms with Gasteiger partial charge in [0, 0.05) is 37.1 Å². The molecule has 0 bridgehead atoms. The van der Waals surface area contributed by atoms with Gasteiger partial charge in [0.1, 0.15) is 11.6 Å². The average Bonchev–Trinajstić information content (AvgIpc) is 2.74. The maximum absolute atomic E-state index is 5.57. The van der Waals surface area contributed by atoms with Gasteiger partial charge in [0.05, 0.1) is 12.3 Å². The van der Waals surface area contributed by atoms with Crippen molar-refractivity contribution in [1.29, 1.82) is 0 Å². The van der Waals surface area contributed by atoms with Crippen LogP contribution in [-0.2, 0) is 0 Å². The molecule has 1 aliphatic heterocycles. The number of pyridine rings is 1. The molecule has 4 rings (SSSR count). The number of benzene rings is 2. The van der Waals surface area contributed by atoms with E-state index in [4.69, 9.17) is 9.72 Å². The third-order valence-electron chi connectivity index (χ3n) is 5.30. The minimum Gasteiger partial charge on any atom is -0.494 e. The lowest BCUT2D eigenvalue weighted by atomic mass is 10.1. The molecule has 0 aliphatic carbocycles. The van der Waals surface area contributed by atoms with Crippen molar-refractivity contribution in [2.45, 2.75) is 13.8 Å². The molecule has 0 radical (unpaired) electrons. The van der Waals surface area contributed by atoms with E-state index in [0.29, 0.717) is 6.61 Å². The Kier molecular flexibility index (Phi) is 8.57. The summed E-state index contributed by atoms with van der Waals surface area (Å²) >= 11 is 0. The summed E-state index contributed by atoms with van der Waals surface area (Å²) < 4.78 is 5.57. The predicted molar refractivity (Wildman–Crippen MR) is 127 cm³/mol. The smallest absolute Gasteiger partial charge is 0.137 e. The molecular weight excluding hydrogens is 405 g/mol. The van der Waals surface area contributed by atoms with Crippen molar-refractivity contribution >= 4 is 41.4 Å². The molecule has 1 aromatic heterocycles. The molecule has 29 heavy (non-hydrogen) atoms. The highest BCUT2D eigenvalue weighted by Crippen LogP contribution is 2.31. The fourth-order valence-corrected chi connectivity index (χ4v) is 3.73. The molecule has 6 heteroatoms. The maximum atomic E-state index is 5.57. The number of likely N-dealkylation sites (N-methyl/N-ethyl adjacent to an activating group) is 1. The van der Waals surface area contributed by atoms with Gasteiger partial charge in [-0.2, -0.15) is 0 Å². The highest BCUT2D eigenvalue weighted by atomic mass is 35.5. The first-order chi connectivity index (χ1) is 13.3. The first-order valence-electron chi connectivity index (χ1n) is 9.89. The molecule has 156 valence electrons. The summed E-state index contributed by atoms with van der Waals surface area (Å²) in [6.07, 6.45) is 0. The molecule has 0 atom stereocenters. The molecule has 1 fully saturated rings. The number of halogens is 2. The van der Waals surface area contributed by atoms with Gasteiger partial charge in [0.25, 0.3) is 0 Å². The van der Waals surface area contributed by atoms with E-state index in [-0.39, 0.29) is 24.8 Å². The summed E-state index contributed by atoms with van der Waals surface area (Å²) in [5.41, 5.74) is 2.14. The lowest BCUT2D eigenvalue weighted by Gasteiger charge is -2.35. The van der Waals surface area contributed by atoms with E-state index >= 15 is 0 Å². The Morgan fingerprint density at radius 3 is 2.24 bits per heavy atom. The highest BCUT2D eigenvalue weighted by molar-refractivity contribution is 5.95. The Bertz CT molecular complexity index is 910. The molecule has 2 heterocycles. The summed E-state index contributed by atoms with van der Waals surface area (Å²) in [5, 5.41) is 2.47. The normalized spacial score (nSPS) is 14.2. The number of aromatic nitrogens is 1. The van der Waals surface area contributed by atoms with Crippen LogP contribution in [0.25, 0.3) is 22.0 Å². The van der Waals surface area contributed by atoms with Crippen LogP contribution in [0.5, 0.6) is 5.75 Å². The van der Waals surface area contributed by atoms with Crippen molar-refractivity contribution in [3.8, 4) is 17.0 Å². The molecule has 0 amide bonds. The minimum atomic E-state index is 0. The molecule has 1 aliphatic rings. The van der Waals surface area contributed by atoms with Crippen molar-refractivity contribution in [3.63, 3.8) is 0 Å². The van der Waals surface area contributed by atoms with Crippen molar-refractivity contribution in [3.05, 3.63) is 54.6 Å². The van der Waals surface area contributed by atoms with Crippen LogP contribution in [0.4, 0.5) is 5.82 Å². The van der Waals surface area contributed by atoms with Gasteiger partial charge in [-0.3, -0.25) is 0 Å². The Labute approximate surface area is 185 Å². The van der Waals surface area contributed by atoms with Gasteiger partial charge >= 0.3 is 0 Å². The molecule has 0 N–H and O–H groups in total. The van der Waals surface area contributed by atoms with Crippen LogP contribution in [-0.4, -0.2) is 49.2 Å². The van der Waals surface area contributed by atoms with Gasteiger partial charge in [-0.15, -0.1) is 24.8 Å². The second-order valence-corrected chi connectivity index (χ2v) is 6.93. The number of ether oxygens (including phenoxy) is 1. The van der Waals surface area contributed by atoms with Gasteiger partial charge in [-0.1, -0.05) is 31.2 Å². The molecule has 0 unspecified atom stereocenters. The summed E-state index contributed by atoms with van der Waals surface area (Å²) in [7, 11) is 0. The largest absolute Gasteiger partial charge is 0.494 e. The number of hydrogen-bond donors (Lipinski definition) is 0. The van der Waals surface area contributed by atoms with E-state index < -0.39 is 0 Å². The summed E-state index contributed by atoms with van der Waals surface area (Å²) in [5.74, 6) is 2.01. The Morgan fingerprint density at radius 1 is 0.897 bits per heavy atom. The quantitative estimate of drug-likeness (QED) is 0.546. The summed E-state index contributed by atoms with van der Waals surface area (Å²) in [6.45, 7) is 10.3. The fourth-order valence-electron chi connectivity index (χ4n) is 3.73. The van der Waals surface area contributed by atoms with Crippen LogP contribution < -0.4 is 9.64 Å². The van der Waals surface area contributed by atoms with Gasteiger partial charge in [0.15, 0.2) is 0 Å². The number of anilines is 1. The van der Waals surface area contributed by atoms with Crippen LogP contribution in [0.15, 0.2) is 54.6 Å². The molecule has 4 nitrogen and oxygen atoms in total. The number of piperazine rings is 1. The number of nitrogens with zero attached hydrogens (tertiary/aromatic N) is 3. The van der Waals surface area contributed by atoms with Gasteiger partial charge in [0.2, 0.25) is 0 Å². The SMILES string of the molecule is CCOc1ccc(-c2cc3ccccc3c(N3CCN(CC)CC3)n2)cc1.Cl.Cl. The molecule has 0 saturated carbocycles. The third kappa shape index (κ3) is 5.13. The zero-order chi connectivity index (χ0) is 18.6. The Hall–Kier alpha value is -2.01. The van der Waals surface area contributed by atoms with E-state index in [0.717, 1.165) is 55.5 Å². The highest BCUT2D eigenvalue weighted by Gasteiger charge is 2.19. The first-order valence-corrected chi connectivity index (χ1v) is 9.89. The van der Waals surface area contributed by atoms with Crippen LogP contribution >= 0.6 is 24.8 Å². The number of fused-ring (bicyclic) bond motifs is 1. The van der Waals surface area contributed by atoms with Gasteiger partial charge < -0.3 is 14.5 Å². The lowest BCUT2D eigenvalue weighted by Crippen LogP contribution is -2.46. The average molecular weight is 434 g/mol. The van der Waals surface area contributed by atoms with Crippen molar-refractivity contribution < 1.29 is 4.74 Å². The molecule has 3 aromatic rings. The number of rotatable bonds is 5. The lowest BCUT2D eigenvalue weighted by molar-refractivity contribution is 0.271. The minimum absolute atomic E-state index is 0. The van der Waals surface area contributed by atoms with E-state index in [1.54, 1.807) is 0 Å². The fraction of sp³-hybridized carbons (Fsp3) is 0.348. The van der Waals surface area contributed by atoms with E-state index in [1.807, 2.05) is 19.1 Å². The predicted octanol–water partition coefficient (Wildman–Crippen LogP) is 5.29. The van der Waals surface area contributed by atoms with Crippen molar-refractivity contribution in [2.75, 3.05) is 44.2 Å². The van der Waals surface area contributed by atoms with Crippen LogP contribution in [0, 0.1) is 0 Å². The maximum Gasteiger partial charge on any atom is 0.137 e. The zero-order valence-corrected chi connectivity index (χ0v) is 18.6. The summed E-state index contributed by atoms with van der Waals surface area (Å²) in [6, 6.07) is 19.0. The van der Waals surface area contributed by atoms with Crippen molar-refractivity contribution in [1.82, 2.24) is 9.88 Å². The number of hydrogen-bond acceptors (Lipinski definition) is 4. The Morgan fingerprint density at radius 2 is 1.59 bits per heavy atom. The van der Waals surface area contributed by atoms with E-state index in [9.17, 15) is 0 Å². The monoisotopic (exact) mass is 433 g/mol. The molecule has 0 spiro atoms. The first kappa shape index (κ1) is 23.3. The Balaban J connectivity index is 0.00000150. The van der Waals surface area contributed by atoms with Crippen molar-refractivity contribution in [2.24, 2.45) is 0 Å². The van der Waals surface area contributed by atoms with E-state index in [2.05, 4.69) is 59.2 Å². The van der Waals surface area contributed by atoms with Gasteiger partial charge in [-0.05, 0) is 49.2 Å². The van der Waals surface area contributed by atoms with Gasteiger partial charge in [-0.25, -0.2) is 4.98 Å². The van der Waals surface area contributed by atoms with Crippen LogP contribution in [0.1, 0.15) is 13.8 Å². The third-order valence-corrected chi connectivity index (χ3v) is 5.30. The van der Waals surface area contributed by atoms with Crippen LogP contribution in [0.2, 0.25) is 0 Å². The topological polar surface area (TPSA) is 28.6 Å². The molecular formula is C23H29Cl2N3O. The van der Waals surface area contributed by atoms with Crippen LogP contribution in [0.3, 0.4) is 0 Å². The van der Waals surface area contributed by atoms with E-state index in [1.165, 1.54) is 10.8 Å². The second-order valence-electron chi connectivity index (χ2n) is 6.93. The second kappa shape index (κ2) is 10.7. The standard InChI is InChI=1S/C23H27N3O.2ClH/c1-3-25-13-15-26(16-14-25)23-21-8-6-5-7-19(21)17-22(24-23)18-9-11-20(12-10-18)27-4-2;;/h5-12,17H,3-4,13-16H2,1-2H3;2*1H. The zero-order valence-electron chi connectivity index (χ0n) is 17.0. The summed E-state index contributed by atoms with van der Waals surface area (Å²) in [4.78, 5) is 10.0.